The summed E-state index contributed by atoms with van der Waals surface area (Å²) in [6, 6.07) is 0. The third kappa shape index (κ3) is 1.94. The zero-order chi connectivity index (χ0) is 12.5. The van der Waals surface area contributed by atoms with Crippen molar-refractivity contribution < 1.29 is 19.5 Å². The smallest absolute Gasteiger partial charge is 0.358 e. The second-order valence-corrected chi connectivity index (χ2v) is 2.73. The van der Waals surface area contributed by atoms with E-state index in [1.54, 1.807) is 0 Å². The van der Waals surface area contributed by atoms with Crippen molar-refractivity contribution in [1.82, 2.24) is 9.94 Å². The predicted molar refractivity (Wildman–Crippen MR) is 47.5 cm³/mol. The fourth-order valence-electron chi connectivity index (χ4n) is 1.01. The molecule has 0 radical (unpaired) electrons. The Balaban J connectivity index is 3.35. The van der Waals surface area contributed by atoms with E-state index in [4.69, 9.17) is 0 Å². The molecular formula is C6H6N4O6. The molecule has 10 nitrogen and oxygen atoms in total. The van der Waals surface area contributed by atoms with Gasteiger partial charge in [-0.3, -0.25) is 10.1 Å². The van der Waals surface area contributed by atoms with Gasteiger partial charge >= 0.3 is 17.5 Å². The zero-order valence-corrected chi connectivity index (χ0v) is 8.24. The lowest BCUT2D eigenvalue weighted by Crippen LogP contribution is -2.19. The van der Waals surface area contributed by atoms with E-state index in [0.717, 1.165) is 6.92 Å². The number of nitrogens with zero attached hydrogens (tertiary/aromatic N) is 4. The molecule has 0 atom stereocenters. The van der Waals surface area contributed by atoms with Gasteiger partial charge in [0.2, 0.25) is 0 Å². The van der Waals surface area contributed by atoms with Crippen LogP contribution < -0.4 is 4.84 Å². The molecule has 0 saturated heterocycles. The molecule has 0 aromatic carbocycles. The fraction of sp³-hybridized carbons (Fsp3) is 0.333. The Kier molecular flexibility index (Phi) is 2.83. The quantitative estimate of drug-likeness (QED) is 0.526. The maximum absolute atomic E-state index is 10.6. The first-order valence-electron chi connectivity index (χ1n) is 3.92. The van der Waals surface area contributed by atoms with Crippen LogP contribution in [0.4, 0.5) is 11.5 Å². The lowest BCUT2D eigenvalue weighted by Gasteiger charge is -1.94. The molecule has 0 amide bonds. The maximum Gasteiger partial charge on any atom is 0.471 e. The second kappa shape index (κ2) is 3.92. The average molecular weight is 230 g/mol. The topological polar surface area (TPSA) is 130 Å². The number of aromatic nitrogens is 2. The summed E-state index contributed by atoms with van der Waals surface area (Å²) in [5, 5.41) is 24.2. The average Bonchev–Trinajstić information content (AvgIpc) is 2.43. The van der Waals surface area contributed by atoms with E-state index in [1.807, 2.05) is 0 Å². The van der Waals surface area contributed by atoms with Gasteiger partial charge < -0.3 is 15.0 Å². The van der Waals surface area contributed by atoms with Crippen molar-refractivity contribution in [3.05, 3.63) is 25.9 Å². The largest absolute Gasteiger partial charge is 0.471 e. The molecule has 86 valence electrons. The van der Waals surface area contributed by atoms with Crippen LogP contribution in [0.5, 0.6) is 0 Å². The van der Waals surface area contributed by atoms with E-state index in [0.29, 0.717) is 4.85 Å². The van der Waals surface area contributed by atoms with E-state index < -0.39 is 27.3 Å². The van der Waals surface area contributed by atoms with Crippen LogP contribution in [0, 0.1) is 27.2 Å². The minimum Gasteiger partial charge on any atom is -0.358 e. The number of carbonyl (C=O) groups is 1. The van der Waals surface area contributed by atoms with E-state index in [1.165, 1.54) is 6.92 Å². The molecule has 10 heteroatoms. The molecule has 0 saturated carbocycles. The third-order valence-corrected chi connectivity index (χ3v) is 1.60. The molecule has 0 unspecified atom stereocenters. The maximum atomic E-state index is 10.6. The van der Waals surface area contributed by atoms with Gasteiger partial charge in [-0.1, -0.05) is 0 Å². The molecule has 1 rings (SSSR count). The molecule has 1 heterocycles. The van der Waals surface area contributed by atoms with Gasteiger partial charge in [-0.05, 0) is 11.8 Å². The van der Waals surface area contributed by atoms with Gasteiger partial charge in [0.05, 0.1) is 4.92 Å². The van der Waals surface area contributed by atoms with Crippen molar-refractivity contribution >= 4 is 17.5 Å². The molecule has 0 fully saturated rings. The van der Waals surface area contributed by atoms with Crippen molar-refractivity contribution in [3.63, 3.8) is 0 Å². The van der Waals surface area contributed by atoms with Crippen molar-refractivity contribution in [3.8, 4) is 0 Å². The predicted octanol–water partition coefficient (Wildman–Crippen LogP) is -0.0170. The van der Waals surface area contributed by atoms with Crippen LogP contribution >= 0.6 is 0 Å². The molecule has 16 heavy (non-hydrogen) atoms. The molecule has 0 spiro atoms. The third-order valence-electron chi connectivity index (χ3n) is 1.60. The van der Waals surface area contributed by atoms with Gasteiger partial charge in [0.1, 0.15) is 5.10 Å². The normalized spacial score (nSPS) is 9.88. The molecule has 0 aliphatic rings. The van der Waals surface area contributed by atoms with Crippen LogP contribution in [-0.2, 0) is 4.79 Å². The number of hydrogen-bond donors (Lipinski definition) is 0. The summed E-state index contributed by atoms with van der Waals surface area (Å²) in [6.45, 7) is 2.22. The number of carbonyl (C=O) groups excluding carboxylic acids is 1. The molecule has 0 N–H and O–H groups in total. The summed E-state index contributed by atoms with van der Waals surface area (Å²) in [5.41, 5.74) is -1.03. The number of rotatable bonds is 3. The Morgan fingerprint density at radius 2 is 1.94 bits per heavy atom. The van der Waals surface area contributed by atoms with Gasteiger partial charge in [-0.15, -0.1) is 0 Å². The standard InChI is InChI=1S/C6H6N4O6/c1-3-5(9(12)13)6(10(14)15)7-8(3)16-4(2)11/h1-2H3. The Morgan fingerprint density at radius 3 is 2.25 bits per heavy atom. The van der Waals surface area contributed by atoms with Crippen LogP contribution in [0.1, 0.15) is 12.6 Å². The molecule has 0 aliphatic carbocycles. The van der Waals surface area contributed by atoms with E-state index in [9.17, 15) is 25.0 Å². The van der Waals surface area contributed by atoms with Crippen molar-refractivity contribution in [1.29, 1.82) is 0 Å². The Labute approximate surface area is 87.7 Å². The summed E-state index contributed by atoms with van der Waals surface area (Å²) < 4.78 is 0. The summed E-state index contributed by atoms with van der Waals surface area (Å²) in [7, 11) is 0. The van der Waals surface area contributed by atoms with Gasteiger partial charge in [-0.2, -0.15) is 0 Å². The summed E-state index contributed by atoms with van der Waals surface area (Å²) >= 11 is 0. The van der Waals surface area contributed by atoms with E-state index in [2.05, 4.69) is 9.94 Å². The van der Waals surface area contributed by atoms with Gasteiger partial charge in [-0.25, -0.2) is 4.79 Å². The van der Waals surface area contributed by atoms with Crippen LogP contribution in [0.15, 0.2) is 0 Å². The first-order chi connectivity index (χ1) is 7.34. The summed E-state index contributed by atoms with van der Waals surface area (Å²) in [5.74, 6) is -1.76. The Morgan fingerprint density at radius 1 is 1.38 bits per heavy atom. The van der Waals surface area contributed by atoms with Gasteiger partial charge in [0, 0.05) is 11.8 Å². The van der Waals surface area contributed by atoms with Crippen molar-refractivity contribution in [2.75, 3.05) is 0 Å². The highest BCUT2D eigenvalue weighted by atomic mass is 16.7. The van der Waals surface area contributed by atoms with Crippen LogP contribution in [0.3, 0.4) is 0 Å². The minimum atomic E-state index is -1.02. The van der Waals surface area contributed by atoms with Crippen LogP contribution in [-0.4, -0.2) is 25.8 Å². The highest BCUT2D eigenvalue weighted by Gasteiger charge is 2.36. The molecular weight excluding hydrogens is 224 g/mol. The van der Waals surface area contributed by atoms with E-state index >= 15 is 0 Å². The lowest BCUT2D eigenvalue weighted by molar-refractivity contribution is -0.424. The SMILES string of the molecule is CC(=O)On1nc([N+](=O)[O-])c([N+](=O)[O-])c1C. The Hall–Kier alpha value is -2.52. The number of nitro groups is 2. The van der Waals surface area contributed by atoms with Gasteiger partial charge in [0.15, 0.2) is 5.69 Å². The van der Waals surface area contributed by atoms with Crippen molar-refractivity contribution in [2.45, 2.75) is 13.8 Å². The highest BCUT2D eigenvalue weighted by molar-refractivity contribution is 5.66. The molecule has 0 bridgehead atoms. The molecule has 0 aliphatic heterocycles. The highest BCUT2D eigenvalue weighted by Crippen LogP contribution is 2.28. The monoisotopic (exact) mass is 230 g/mol. The first kappa shape index (κ1) is 11.6. The zero-order valence-electron chi connectivity index (χ0n) is 8.24. The van der Waals surface area contributed by atoms with E-state index in [-0.39, 0.29) is 5.69 Å². The second-order valence-electron chi connectivity index (χ2n) is 2.73. The minimum absolute atomic E-state index is 0.230. The van der Waals surface area contributed by atoms with Crippen LogP contribution in [0.25, 0.3) is 0 Å². The fourth-order valence-corrected chi connectivity index (χ4v) is 1.01. The lowest BCUT2D eigenvalue weighted by atomic mass is 10.4. The van der Waals surface area contributed by atoms with Crippen LogP contribution in [0.2, 0.25) is 0 Å². The molecule has 1 aromatic heterocycles. The summed E-state index contributed by atoms with van der Waals surface area (Å²) in [4.78, 5) is 34.5. The Bertz CT molecular complexity index is 478. The number of hydrogen-bond acceptors (Lipinski definition) is 7. The van der Waals surface area contributed by atoms with Gasteiger partial charge in [0.25, 0.3) is 0 Å². The molecule has 1 aromatic rings. The van der Waals surface area contributed by atoms with Crippen molar-refractivity contribution in [2.24, 2.45) is 0 Å². The summed E-state index contributed by atoms with van der Waals surface area (Å²) in [6.07, 6.45) is 0. The first-order valence-corrected chi connectivity index (χ1v) is 3.92.